The number of hydrogen-bond acceptors (Lipinski definition) is 7. The summed E-state index contributed by atoms with van der Waals surface area (Å²) < 4.78 is 31.5. The largest absolute Gasteiger partial charge is 0.481 e. The van der Waals surface area contributed by atoms with Crippen molar-refractivity contribution >= 4 is 22.8 Å². The lowest BCUT2D eigenvalue weighted by Crippen LogP contribution is -2.51. The molecule has 192 valence electrons. The maximum Gasteiger partial charge on any atom is 0.308 e. The molecular weight excluding hydrogens is 484 g/mol. The summed E-state index contributed by atoms with van der Waals surface area (Å²) in [6, 6.07) is 0.822. The zero-order valence-electron chi connectivity index (χ0n) is 19.7. The zero-order chi connectivity index (χ0) is 25.7. The number of rotatable bonds is 7. The van der Waals surface area contributed by atoms with Crippen molar-refractivity contribution in [1.82, 2.24) is 29.7 Å². The Morgan fingerprint density at radius 2 is 1.95 bits per heavy atom. The molecule has 2 bridgehead atoms. The second-order valence-electron chi connectivity index (χ2n) is 9.74. The Labute approximate surface area is 209 Å². The van der Waals surface area contributed by atoms with E-state index in [1.807, 2.05) is 0 Å². The van der Waals surface area contributed by atoms with E-state index in [2.05, 4.69) is 30.4 Å². The predicted octanol–water partition coefficient (Wildman–Crippen LogP) is 3.46. The van der Waals surface area contributed by atoms with Gasteiger partial charge in [-0.25, -0.2) is 23.7 Å². The molecule has 37 heavy (non-hydrogen) atoms. The highest BCUT2D eigenvalue weighted by molar-refractivity contribution is 5.92. The van der Waals surface area contributed by atoms with Crippen LogP contribution in [0.4, 0.5) is 14.6 Å². The average Bonchev–Trinajstić information content (AvgIpc) is 3.53. The van der Waals surface area contributed by atoms with Crippen LogP contribution in [0.3, 0.4) is 0 Å². The molecule has 0 saturated heterocycles. The van der Waals surface area contributed by atoms with Crippen LogP contribution in [0.25, 0.3) is 33.7 Å². The first-order valence-electron chi connectivity index (χ1n) is 12.3. The highest BCUT2D eigenvalue weighted by atomic mass is 19.1. The van der Waals surface area contributed by atoms with Gasteiger partial charge in [-0.2, -0.15) is 5.10 Å². The molecule has 2 atom stereocenters. The van der Waals surface area contributed by atoms with Gasteiger partial charge in [0, 0.05) is 34.9 Å². The SMILES string of the molecule is O=C(O)[C@H]1C2CCC(CC2)[C@@H]1Nc1nc(-c2c[nH]c3ncc(F)cc23)nc(-c2cnn(CCO)c2)c1F. The molecule has 3 aliphatic carbocycles. The number of hydrogen-bond donors (Lipinski definition) is 4. The number of aromatic amines is 1. The Balaban J connectivity index is 1.48. The van der Waals surface area contributed by atoms with E-state index in [0.717, 1.165) is 31.9 Å². The van der Waals surface area contributed by atoms with Crippen molar-refractivity contribution in [3.05, 3.63) is 42.5 Å². The van der Waals surface area contributed by atoms with Crippen molar-refractivity contribution in [2.24, 2.45) is 17.8 Å². The standard InChI is InChI=1S/C25H25F2N7O3/c26-15-7-16-17(10-29-22(16)28-9-15)23-32-21(14-8-30-34(11-14)5-6-35)19(27)24(33-23)31-20-13-3-1-12(2-4-13)18(20)25(36)37/h7-13,18,20,35H,1-6H2,(H,28,29)(H,36,37)(H,31,32,33)/t12?,13?,18-,20-/m0/s1. The third-order valence-electron chi connectivity index (χ3n) is 7.63. The van der Waals surface area contributed by atoms with Crippen LogP contribution in [0.2, 0.25) is 0 Å². The third-order valence-corrected chi connectivity index (χ3v) is 7.63. The summed E-state index contributed by atoms with van der Waals surface area (Å²) in [5, 5.41) is 26.9. The zero-order valence-corrected chi connectivity index (χ0v) is 19.7. The minimum atomic E-state index is -0.898. The van der Waals surface area contributed by atoms with Crippen molar-refractivity contribution in [3.63, 3.8) is 0 Å². The first kappa shape index (κ1) is 23.5. The molecule has 3 aliphatic rings. The van der Waals surface area contributed by atoms with Crippen LogP contribution in [0.5, 0.6) is 0 Å². The average molecular weight is 510 g/mol. The number of nitrogens with one attached hydrogen (secondary N) is 2. The van der Waals surface area contributed by atoms with Crippen molar-refractivity contribution < 1.29 is 23.8 Å². The highest BCUT2D eigenvalue weighted by Crippen LogP contribution is 2.46. The Morgan fingerprint density at radius 1 is 1.16 bits per heavy atom. The number of carboxylic acids is 1. The van der Waals surface area contributed by atoms with Crippen LogP contribution in [-0.4, -0.2) is 58.5 Å². The Bertz CT molecular complexity index is 1480. The molecule has 0 aromatic carbocycles. The van der Waals surface area contributed by atoms with E-state index in [1.54, 1.807) is 12.4 Å². The fourth-order valence-corrected chi connectivity index (χ4v) is 5.90. The van der Waals surface area contributed by atoms with Crippen molar-refractivity contribution in [2.75, 3.05) is 11.9 Å². The second kappa shape index (κ2) is 9.18. The van der Waals surface area contributed by atoms with Gasteiger partial charge < -0.3 is 20.5 Å². The molecule has 4 heterocycles. The van der Waals surface area contributed by atoms with Gasteiger partial charge in [-0.3, -0.25) is 9.48 Å². The molecule has 3 saturated carbocycles. The summed E-state index contributed by atoms with van der Waals surface area (Å²) in [4.78, 5) is 28.1. The number of pyridine rings is 1. The summed E-state index contributed by atoms with van der Waals surface area (Å²) in [5.74, 6) is -2.69. The smallest absolute Gasteiger partial charge is 0.308 e. The first-order chi connectivity index (χ1) is 17.9. The summed E-state index contributed by atoms with van der Waals surface area (Å²) in [7, 11) is 0. The van der Waals surface area contributed by atoms with Gasteiger partial charge in [-0.1, -0.05) is 0 Å². The minimum absolute atomic E-state index is 0.0308. The number of halogens is 2. The molecule has 0 spiro atoms. The van der Waals surface area contributed by atoms with Gasteiger partial charge in [-0.15, -0.1) is 0 Å². The van der Waals surface area contributed by atoms with E-state index in [1.165, 1.54) is 16.9 Å². The minimum Gasteiger partial charge on any atom is -0.481 e. The lowest BCUT2D eigenvalue weighted by Gasteiger charge is -2.47. The van der Waals surface area contributed by atoms with Crippen LogP contribution in [-0.2, 0) is 11.3 Å². The Hall–Kier alpha value is -3.93. The number of aliphatic hydroxyl groups is 1. The molecule has 10 nitrogen and oxygen atoms in total. The molecule has 0 aliphatic heterocycles. The van der Waals surface area contributed by atoms with E-state index in [9.17, 15) is 19.4 Å². The number of H-pyrrole nitrogens is 1. The fraction of sp³-hybridized carbons (Fsp3) is 0.400. The molecule has 7 rings (SSSR count). The van der Waals surface area contributed by atoms with Gasteiger partial charge in [0.15, 0.2) is 17.5 Å². The van der Waals surface area contributed by atoms with Gasteiger partial charge in [0.25, 0.3) is 0 Å². The summed E-state index contributed by atoms with van der Waals surface area (Å²) >= 11 is 0. The van der Waals surface area contributed by atoms with E-state index >= 15 is 4.39 Å². The number of nitrogens with zero attached hydrogens (tertiary/aromatic N) is 5. The van der Waals surface area contributed by atoms with Crippen LogP contribution in [0.15, 0.2) is 30.9 Å². The number of aromatic nitrogens is 6. The van der Waals surface area contributed by atoms with Crippen LogP contribution in [0, 0.1) is 29.4 Å². The number of aliphatic hydroxyl groups excluding tert-OH is 1. The fourth-order valence-electron chi connectivity index (χ4n) is 5.90. The van der Waals surface area contributed by atoms with Crippen LogP contribution < -0.4 is 5.32 Å². The number of carboxylic acid groups (broad SMARTS) is 1. The van der Waals surface area contributed by atoms with Gasteiger partial charge >= 0.3 is 5.97 Å². The Kier molecular flexibility index (Phi) is 5.82. The van der Waals surface area contributed by atoms with Crippen molar-refractivity contribution in [3.8, 4) is 22.6 Å². The molecule has 0 unspecified atom stereocenters. The lowest BCUT2D eigenvalue weighted by molar-refractivity contribution is -0.148. The normalized spacial score (nSPS) is 23.0. The second-order valence-corrected chi connectivity index (χ2v) is 9.74. The quantitative estimate of drug-likeness (QED) is 0.297. The lowest BCUT2D eigenvalue weighted by atomic mass is 9.61. The van der Waals surface area contributed by atoms with E-state index < -0.39 is 29.6 Å². The van der Waals surface area contributed by atoms with Gasteiger partial charge in [0.1, 0.15) is 17.2 Å². The van der Waals surface area contributed by atoms with Crippen LogP contribution in [0.1, 0.15) is 25.7 Å². The topological polar surface area (TPSA) is 142 Å². The maximum absolute atomic E-state index is 16.0. The molecule has 0 radical (unpaired) electrons. The monoisotopic (exact) mass is 509 g/mol. The highest BCUT2D eigenvalue weighted by Gasteiger charge is 2.47. The number of carbonyl (C=O) groups is 1. The summed E-state index contributed by atoms with van der Waals surface area (Å²) in [6.07, 6.45) is 9.12. The summed E-state index contributed by atoms with van der Waals surface area (Å²) in [6.45, 7) is 0.0869. The molecule has 4 N–H and O–H groups in total. The van der Waals surface area contributed by atoms with Crippen molar-refractivity contribution in [2.45, 2.75) is 38.3 Å². The molecule has 4 aromatic rings. The van der Waals surface area contributed by atoms with Gasteiger partial charge in [0.2, 0.25) is 0 Å². The van der Waals surface area contributed by atoms with E-state index in [0.29, 0.717) is 22.2 Å². The molecule has 3 fully saturated rings. The number of anilines is 1. The number of aliphatic carboxylic acids is 1. The molecule has 4 aromatic heterocycles. The number of fused-ring (bicyclic) bond motifs is 4. The maximum atomic E-state index is 16.0. The van der Waals surface area contributed by atoms with Crippen molar-refractivity contribution in [1.29, 1.82) is 0 Å². The molecule has 12 heteroatoms. The van der Waals surface area contributed by atoms with Gasteiger partial charge in [0.05, 0.1) is 31.5 Å². The van der Waals surface area contributed by atoms with E-state index in [4.69, 9.17) is 0 Å². The van der Waals surface area contributed by atoms with E-state index in [-0.39, 0.29) is 42.3 Å². The van der Waals surface area contributed by atoms with Gasteiger partial charge in [-0.05, 0) is 43.6 Å². The predicted molar refractivity (Wildman–Crippen MR) is 129 cm³/mol. The van der Waals surface area contributed by atoms with Crippen LogP contribution >= 0.6 is 0 Å². The molecular formula is C25H25F2N7O3. The first-order valence-corrected chi connectivity index (χ1v) is 12.3. The Morgan fingerprint density at radius 3 is 2.70 bits per heavy atom. The summed E-state index contributed by atoms with van der Waals surface area (Å²) in [5.41, 5.74) is 1.17. The third kappa shape index (κ3) is 4.10. The molecule has 0 amide bonds.